The number of nitrogens with zero attached hydrogens (tertiary/aromatic N) is 1. The number of hydrogen-bond acceptors (Lipinski definition) is 5. The Bertz CT molecular complexity index is 1180. The van der Waals surface area contributed by atoms with Gasteiger partial charge in [0, 0.05) is 18.7 Å². The lowest BCUT2D eigenvalue weighted by Gasteiger charge is -2.26. The predicted octanol–water partition coefficient (Wildman–Crippen LogP) is 2.65. The highest BCUT2D eigenvalue weighted by atomic mass is 35.5. The molecule has 0 aliphatic carbocycles. The fourth-order valence-corrected chi connectivity index (χ4v) is 5.93. The fourth-order valence-electron chi connectivity index (χ4n) is 3.40. The summed E-state index contributed by atoms with van der Waals surface area (Å²) in [6.07, 6.45) is 2.57. The molecule has 1 aliphatic heterocycles. The maximum atomic E-state index is 13.0. The SMILES string of the molecule is CC(NC(=O)c1ccc(Cl)c(S(=O)(=O)N2CCCCC2)c1)c1ccc(S(N)(=O)=O)cc1. The van der Waals surface area contributed by atoms with Gasteiger partial charge in [0.1, 0.15) is 4.90 Å². The molecule has 1 fully saturated rings. The predicted molar refractivity (Wildman–Crippen MR) is 118 cm³/mol. The zero-order valence-electron chi connectivity index (χ0n) is 16.9. The summed E-state index contributed by atoms with van der Waals surface area (Å²) >= 11 is 6.16. The standard InChI is InChI=1S/C20H24ClN3O5S2/c1-14(15-5-8-17(9-6-15)30(22,26)27)23-20(25)16-7-10-18(21)19(13-16)31(28,29)24-11-3-2-4-12-24/h5-10,13-14H,2-4,11-12H2,1H3,(H,23,25)(H2,22,26,27). The van der Waals surface area contributed by atoms with E-state index in [0.29, 0.717) is 18.7 Å². The fraction of sp³-hybridized carbons (Fsp3) is 0.350. The lowest BCUT2D eigenvalue weighted by Crippen LogP contribution is -2.36. The quantitative estimate of drug-likeness (QED) is 0.650. The lowest BCUT2D eigenvalue weighted by molar-refractivity contribution is 0.0939. The van der Waals surface area contributed by atoms with Crippen LogP contribution < -0.4 is 10.5 Å². The highest BCUT2D eigenvalue weighted by Crippen LogP contribution is 2.28. The summed E-state index contributed by atoms with van der Waals surface area (Å²) in [6.45, 7) is 2.59. The van der Waals surface area contributed by atoms with Gasteiger partial charge < -0.3 is 5.32 Å². The Morgan fingerprint density at radius 2 is 1.65 bits per heavy atom. The average Bonchev–Trinajstić information content (AvgIpc) is 2.74. The summed E-state index contributed by atoms with van der Waals surface area (Å²) in [5.41, 5.74) is 0.823. The Morgan fingerprint density at radius 3 is 2.23 bits per heavy atom. The van der Waals surface area contributed by atoms with Crippen LogP contribution in [0, 0.1) is 0 Å². The number of nitrogens with one attached hydrogen (secondary N) is 1. The van der Waals surface area contributed by atoms with Crippen LogP contribution in [0.5, 0.6) is 0 Å². The van der Waals surface area contributed by atoms with Crippen molar-refractivity contribution < 1.29 is 21.6 Å². The molecule has 1 amide bonds. The maximum Gasteiger partial charge on any atom is 0.251 e. The van der Waals surface area contributed by atoms with Crippen LogP contribution >= 0.6 is 11.6 Å². The molecule has 8 nitrogen and oxygen atoms in total. The third-order valence-corrected chi connectivity index (χ3v) is 8.49. The summed E-state index contributed by atoms with van der Waals surface area (Å²) in [5.74, 6) is -0.477. The molecule has 0 bridgehead atoms. The number of amides is 1. The van der Waals surface area contributed by atoms with E-state index in [1.807, 2.05) is 0 Å². The first-order valence-electron chi connectivity index (χ1n) is 9.73. The van der Waals surface area contributed by atoms with Crippen LogP contribution in [0.2, 0.25) is 5.02 Å². The molecule has 1 unspecified atom stereocenters. The number of rotatable bonds is 6. The Morgan fingerprint density at radius 1 is 1.03 bits per heavy atom. The molecule has 1 atom stereocenters. The van der Waals surface area contributed by atoms with Gasteiger partial charge in [-0.1, -0.05) is 30.2 Å². The monoisotopic (exact) mass is 485 g/mol. The van der Waals surface area contributed by atoms with E-state index in [1.54, 1.807) is 19.1 Å². The highest BCUT2D eigenvalue weighted by molar-refractivity contribution is 7.89. The number of piperidine rings is 1. The zero-order chi connectivity index (χ0) is 22.8. The molecule has 0 aromatic heterocycles. The number of carbonyl (C=O) groups excluding carboxylic acids is 1. The molecule has 2 aromatic rings. The molecule has 0 radical (unpaired) electrons. The van der Waals surface area contributed by atoms with Gasteiger partial charge in [0.05, 0.1) is 16.0 Å². The molecule has 1 saturated heterocycles. The van der Waals surface area contributed by atoms with Crippen LogP contribution in [0.3, 0.4) is 0 Å². The van der Waals surface area contributed by atoms with E-state index in [9.17, 15) is 21.6 Å². The lowest BCUT2D eigenvalue weighted by atomic mass is 10.1. The number of hydrogen-bond donors (Lipinski definition) is 2. The molecule has 2 aromatic carbocycles. The van der Waals surface area contributed by atoms with E-state index in [4.69, 9.17) is 16.7 Å². The Balaban J connectivity index is 1.80. The highest BCUT2D eigenvalue weighted by Gasteiger charge is 2.29. The Kier molecular flexibility index (Phi) is 7.07. The van der Waals surface area contributed by atoms with Crippen molar-refractivity contribution in [3.63, 3.8) is 0 Å². The molecule has 1 aliphatic rings. The van der Waals surface area contributed by atoms with E-state index in [0.717, 1.165) is 19.3 Å². The normalized spacial score (nSPS) is 16.6. The van der Waals surface area contributed by atoms with Gasteiger partial charge in [0.15, 0.2) is 0 Å². The second kappa shape index (κ2) is 9.25. The summed E-state index contributed by atoms with van der Waals surface area (Å²) in [5, 5.41) is 7.93. The Labute approximate surface area is 187 Å². The molecule has 168 valence electrons. The molecule has 11 heteroatoms. The molecule has 3 rings (SSSR count). The van der Waals surface area contributed by atoms with Gasteiger partial charge >= 0.3 is 0 Å². The summed E-state index contributed by atoms with van der Waals surface area (Å²) in [7, 11) is -7.60. The molecule has 0 saturated carbocycles. The molecule has 1 heterocycles. The van der Waals surface area contributed by atoms with Crippen molar-refractivity contribution in [2.24, 2.45) is 5.14 Å². The third kappa shape index (κ3) is 5.45. The van der Waals surface area contributed by atoms with Crippen LogP contribution in [0.4, 0.5) is 0 Å². The van der Waals surface area contributed by atoms with Crippen molar-refractivity contribution in [2.75, 3.05) is 13.1 Å². The van der Waals surface area contributed by atoms with Crippen molar-refractivity contribution in [1.29, 1.82) is 0 Å². The van der Waals surface area contributed by atoms with Gasteiger partial charge in [-0.2, -0.15) is 4.31 Å². The smallest absolute Gasteiger partial charge is 0.251 e. The molecular formula is C20H24ClN3O5S2. The van der Waals surface area contributed by atoms with Gasteiger partial charge in [-0.05, 0) is 55.7 Å². The van der Waals surface area contributed by atoms with Gasteiger partial charge in [0.2, 0.25) is 20.0 Å². The van der Waals surface area contributed by atoms with Gasteiger partial charge in [-0.25, -0.2) is 22.0 Å². The number of sulfonamides is 2. The van der Waals surface area contributed by atoms with E-state index in [1.165, 1.54) is 34.6 Å². The minimum absolute atomic E-state index is 0.0277. The minimum atomic E-state index is -3.80. The second-order valence-electron chi connectivity index (χ2n) is 7.42. The van der Waals surface area contributed by atoms with E-state index < -0.39 is 32.0 Å². The van der Waals surface area contributed by atoms with Gasteiger partial charge in [-0.3, -0.25) is 4.79 Å². The van der Waals surface area contributed by atoms with Crippen LogP contribution in [-0.4, -0.2) is 40.1 Å². The third-order valence-electron chi connectivity index (χ3n) is 5.18. The second-order valence-corrected chi connectivity index (χ2v) is 11.3. The first-order valence-corrected chi connectivity index (χ1v) is 13.1. The van der Waals surface area contributed by atoms with E-state index in [-0.39, 0.29) is 20.4 Å². The first kappa shape index (κ1) is 23.7. The van der Waals surface area contributed by atoms with Crippen molar-refractivity contribution in [3.05, 3.63) is 58.6 Å². The average molecular weight is 486 g/mol. The van der Waals surface area contributed by atoms with Crippen molar-refractivity contribution in [3.8, 4) is 0 Å². The summed E-state index contributed by atoms with van der Waals surface area (Å²) < 4.78 is 50.1. The van der Waals surface area contributed by atoms with Gasteiger partial charge in [0.25, 0.3) is 5.91 Å². The molecule has 3 N–H and O–H groups in total. The molecular weight excluding hydrogens is 462 g/mol. The van der Waals surface area contributed by atoms with E-state index in [2.05, 4.69) is 5.32 Å². The maximum absolute atomic E-state index is 13.0. The summed E-state index contributed by atoms with van der Waals surface area (Å²) in [4.78, 5) is 12.6. The first-order chi connectivity index (χ1) is 14.5. The summed E-state index contributed by atoms with van der Waals surface area (Å²) in [6, 6.07) is 9.52. The number of primary sulfonamides is 1. The van der Waals surface area contributed by atoms with Crippen molar-refractivity contribution in [2.45, 2.75) is 42.0 Å². The Hall–Kier alpha value is -1.98. The zero-order valence-corrected chi connectivity index (χ0v) is 19.3. The molecule has 31 heavy (non-hydrogen) atoms. The van der Waals surface area contributed by atoms with Crippen molar-refractivity contribution >= 4 is 37.6 Å². The van der Waals surface area contributed by atoms with Crippen LogP contribution in [0.15, 0.2) is 52.3 Å². The van der Waals surface area contributed by atoms with E-state index >= 15 is 0 Å². The van der Waals surface area contributed by atoms with Crippen LogP contribution in [0.25, 0.3) is 0 Å². The minimum Gasteiger partial charge on any atom is -0.346 e. The van der Waals surface area contributed by atoms with Crippen molar-refractivity contribution in [1.82, 2.24) is 9.62 Å². The van der Waals surface area contributed by atoms with Crippen LogP contribution in [0.1, 0.15) is 48.1 Å². The number of nitrogens with two attached hydrogens (primary N) is 1. The largest absolute Gasteiger partial charge is 0.346 e. The number of carbonyl (C=O) groups is 1. The number of halogens is 1. The topological polar surface area (TPSA) is 127 Å². The van der Waals surface area contributed by atoms with Crippen LogP contribution in [-0.2, 0) is 20.0 Å². The number of benzene rings is 2. The molecule has 0 spiro atoms. The van der Waals surface area contributed by atoms with Gasteiger partial charge in [-0.15, -0.1) is 0 Å².